The second-order valence-electron chi connectivity index (χ2n) is 5.01. The first kappa shape index (κ1) is 11.3. The summed E-state index contributed by atoms with van der Waals surface area (Å²) in [5.74, 6) is 0.650. The van der Waals surface area contributed by atoms with Crippen LogP contribution in [-0.2, 0) is 0 Å². The lowest BCUT2D eigenvalue weighted by Crippen LogP contribution is -2.05. The van der Waals surface area contributed by atoms with Gasteiger partial charge in [-0.1, -0.05) is 25.3 Å². The molecule has 0 bridgehead atoms. The van der Waals surface area contributed by atoms with E-state index in [9.17, 15) is 0 Å². The predicted molar refractivity (Wildman–Crippen MR) is 73.5 cm³/mol. The van der Waals surface area contributed by atoms with Gasteiger partial charge in [-0.25, -0.2) is 4.98 Å². The number of rotatable bonds is 1. The summed E-state index contributed by atoms with van der Waals surface area (Å²) < 4.78 is 3.32. The van der Waals surface area contributed by atoms with Gasteiger partial charge in [0.1, 0.15) is 10.3 Å². The maximum absolute atomic E-state index is 4.85. The van der Waals surface area contributed by atoms with Crippen molar-refractivity contribution in [3.05, 3.63) is 34.2 Å². The van der Waals surface area contributed by atoms with Crippen molar-refractivity contribution < 1.29 is 0 Å². The van der Waals surface area contributed by atoms with Crippen LogP contribution in [0.1, 0.15) is 49.3 Å². The van der Waals surface area contributed by atoms with Gasteiger partial charge in [0.15, 0.2) is 0 Å². The first-order chi connectivity index (χ1) is 8.27. The number of fused-ring (bicyclic) bond motifs is 1. The lowest BCUT2D eigenvalue weighted by Gasteiger charge is -2.19. The molecule has 3 heteroatoms. The fourth-order valence-corrected chi connectivity index (χ4v) is 3.53. The van der Waals surface area contributed by atoms with Gasteiger partial charge >= 0.3 is 0 Å². The average molecular weight is 293 g/mol. The average Bonchev–Trinajstić information content (AvgIpc) is 2.70. The van der Waals surface area contributed by atoms with E-state index in [0.29, 0.717) is 5.92 Å². The number of aromatic nitrogens is 2. The molecule has 1 aliphatic carbocycles. The maximum atomic E-state index is 4.85. The Balaban J connectivity index is 2.10. The van der Waals surface area contributed by atoms with Crippen molar-refractivity contribution in [2.45, 2.75) is 44.9 Å². The van der Waals surface area contributed by atoms with Crippen molar-refractivity contribution >= 4 is 21.6 Å². The maximum Gasteiger partial charge on any atom is 0.140 e. The zero-order valence-corrected chi connectivity index (χ0v) is 11.7. The van der Waals surface area contributed by atoms with E-state index in [0.717, 1.165) is 10.3 Å². The van der Waals surface area contributed by atoms with Crippen molar-refractivity contribution in [2.75, 3.05) is 0 Å². The Labute approximate surface area is 110 Å². The van der Waals surface area contributed by atoms with Crippen molar-refractivity contribution in [1.82, 2.24) is 9.38 Å². The Morgan fingerprint density at radius 1 is 1.29 bits per heavy atom. The largest absolute Gasteiger partial charge is 0.294 e. The third kappa shape index (κ3) is 1.90. The zero-order chi connectivity index (χ0) is 11.8. The Kier molecular flexibility index (Phi) is 2.95. The fraction of sp³-hybridized carbons (Fsp3) is 0.500. The van der Waals surface area contributed by atoms with Crippen LogP contribution in [0.15, 0.2) is 22.9 Å². The molecule has 2 aromatic rings. The van der Waals surface area contributed by atoms with Crippen LogP contribution in [0.3, 0.4) is 0 Å². The molecule has 2 heterocycles. The molecule has 0 aromatic carbocycles. The topological polar surface area (TPSA) is 17.3 Å². The Bertz CT molecular complexity index is 538. The van der Waals surface area contributed by atoms with E-state index in [4.69, 9.17) is 4.98 Å². The van der Waals surface area contributed by atoms with Crippen LogP contribution in [0.4, 0.5) is 0 Å². The van der Waals surface area contributed by atoms with E-state index >= 15 is 0 Å². The molecule has 0 N–H and O–H groups in total. The Morgan fingerprint density at radius 3 is 2.76 bits per heavy atom. The highest BCUT2D eigenvalue weighted by Gasteiger charge is 2.22. The number of nitrogens with zero attached hydrogens (tertiary/aromatic N) is 2. The standard InChI is InChI=1S/C14H17BrN2/c1-10-6-5-9-17-13(15)12(16-14(10)17)11-7-3-2-4-8-11/h5-6,9,11H,2-4,7-8H2,1H3. The second-order valence-corrected chi connectivity index (χ2v) is 5.76. The van der Waals surface area contributed by atoms with Gasteiger partial charge in [-0.05, 0) is 47.3 Å². The molecule has 0 radical (unpaired) electrons. The summed E-state index contributed by atoms with van der Waals surface area (Å²) in [6.45, 7) is 2.12. The quantitative estimate of drug-likeness (QED) is 0.759. The molecular formula is C14H17BrN2. The van der Waals surface area contributed by atoms with Crippen LogP contribution in [-0.4, -0.2) is 9.38 Å². The molecule has 0 aliphatic heterocycles. The highest BCUT2D eigenvalue weighted by Crippen LogP contribution is 2.36. The number of hydrogen-bond donors (Lipinski definition) is 0. The summed E-state index contributed by atoms with van der Waals surface area (Å²) in [5, 5.41) is 0. The molecule has 1 saturated carbocycles. The molecule has 0 saturated heterocycles. The van der Waals surface area contributed by atoms with Gasteiger partial charge in [0.05, 0.1) is 5.69 Å². The van der Waals surface area contributed by atoms with Crippen molar-refractivity contribution in [3.8, 4) is 0 Å². The SMILES string of the molecule is Cc1cccn2c(Br)c(C3CCCCC3)nc12. The molecular weight excluding hydrogens is 276 g/mol. The lowest BCUT2D eigenvalue weighted by atomic mass is 9.87. The highest BCUT2D eigenvalue weighted by molar-refractivity contribution is 9.10. The molecule has 17 heavy (non-hydrogen) atoms. The van der Waals surface area contributed by atoms with Gasteiger partial charge in [0.2, 0.25) is 0 Å². The van der Waals surface area contributed by atoms with Crippen LogP contribution in [0, 0.1) is 6.92 Å². The molecule has 1 fully saturated rings. The number of halogens is 1. The summed E-state index contributed by atoms with van der Waals surface area (Å²) in [4.78, 5) is 4.85. The van der Waals surface area contributed by atoms with Crippen LogP contribution >= 0.6 is 15.9 Å². The number of imidazole rings is 1. The van der Waals surface area contributed by atoms with E-state index in [1.54, 1.807) is 0 Å². The van der Waals surface area contributed by atoms with E-state index in [-0.39, 0.29) is 0 Å². The molecule has 0 amide bonds. The molecule has 2 aromatic heterocycles. The molecule has 0 spiro atoms. The lowest BCUT2D eigenvalue weighted by molar-refractivity contribution is 0.436. The molecule has 0 atom stereocenters. The van der Waals surface area contributed by atoms with Gasteiger partial charge in [0.25, 0.3) is 0 Å². The summed E-state index contributed by atoms with van der Waals surface area (Å²) in [6.07, 6.45) is 8.77. The smallest absolute Gasteiger partial charge is 0.140 e. The Morgan fingerprint density at radius 2 is 2.06 bits per heavy atom. The molecule has 0 unspecified atom stereocenters. The van der Waals surface area contributed by atoms with E-state index < -0.39 is 0 Å². The normalized spacial score (nSPS) is 17.8. The molecule has 90 valence electrons. The summed E-state index contributed by atoms with van der Waals surface area (Å²) in [5.41, 5.74) is 3.61. The van der Waals surface area contributed by atoms with Crippen LogP contribution in [0.2, 0.25) is 0 Å². The van der Waals surface area contributed by atoms with Gasteiger partial charge in [-0.2, -0.15) is 0 Å². The number of pyridine rings is 1. The zero-order valence-electron chi connectivity index (χ0n) is 10.1. The molecule has 2 nitrogen and oxygen atoms in total. The van der Waals surface area contributed by atoms with E-state index in [1.807, 2.05) is 0 Å². The Hall–Kier alpha value is -0.830. The van der Waals surface area contributed by atoms with E-state index in [1.165, 1.54) is 43.4 Å². The van der Waals surface area contributed by atoms with Crippen molar-refractivity contribution in [3.63, 3.8) is 0 Å². The van der Waals surface area contributed by atoms with Crippen LogP contribution < -0.4 is 0 Å². The van der Waals surface area contributed by atoms with Crippen molar-refractivity contribution in [1.29, 1.82) is 0 Å². The second kappa shape index (κ2) is 4.45. The first-order valence-electron chi connectivity index (χ1n) is 6.40. The summed E-state index contributed by atoms with van der Waals surface area (Å²) >= 11 is 3.72. The number of aryl methyl sites for hydroxylation is 1. The van der Waals surface area contributed by atoms with Crippen LogP contribution in [0.5, 0.6) is 0 Å². The number of hydrogen-bond acceptors (Lipinski definition) is 1. The summed E-state index contributed by atoms with van der Waals surface area (Å²) in [7, 11) is 0. The highest BCUT2D eigenvalue weighted by atomic mass is 79.9. The third-order valence-electron chi connectivity index (χ3n) is 3.80. The van der Waals surface area contributed by atoms with Gasteiger partial charge in [-0.15, -0.1) is 0 Å². The minimum atomic E-state index is 0.650. The summed E-state index contributed by atoms with van der Waals surface area (Å²) in [6, 6.07) is 4.21. The third-order valence-corrected chi connectivity index (χ3v) is 4.59. The molecule has 3 rings (SSSR count). The predicted octanol–water partition coefficient (Wildman–Crippen LogP) is 4.45. The van der Waals surface area contributed by atoms with Gasteiger partial charge in [-0.3, -0.25) is 4.40 Å². The first-order valence-corrected chi connectivity index (χ1v) is 7.20. The minimum Gasteiger partial charge on any atom is -0.294 e. The van der Waals surface area contributed by atoms with Crippen molar-refractivity contribution in [2.24, 2.45) is 0 Å². The van der Waals surface area contributed by atoms with E-state index in [2.05, 4.69) is 45.6 Å². The van der Waals surface area contributed by atoms with Gasteiger partial charge in [0, 0.05) is 12.1 Å². The monoisotopic (exact) mass is 292 g/mol. The molecule has 1 aliphatic rings. The fourth-order valence-electron chi connectivity index (χ4n) is 2.83. The minimum absolute atomic E-state index is 0.650. The van der Waals surface area contributed by atoms with Crippen LogP contribution in [0.25, 0.3) is 5.65 Å². The van der Waals surface area contributed by atoms with Gasteiger partial charge < -0.3 is 0 Å².